The molecule has 0 atom stereocenters. The monoisotopic (exact) mass is 306 g/mol. The summed E-state index contributed by atoms with van der Waals surface area (Å²) >= 11 is 1.10. The molecule has 0 saturated carbocycles. The number of H-pyrrole nitrogens is 1. The Kier molecular flexibility index (Phi) is 4.46. The SMILES string of the molecule is NC(N)=N/N=C/c1ccc(Sc2ncn[nH]2)c([N+](=O)[O-])c1. The number of nitro benzene ring substituents is 1. The fourth-order valence-corrected chi connectivity index (χ4v) is 2.13. The molecule has 108 valence electrons. The Hall–Kier alpha value is -2.95. The highest BCUT2D eigenvalue weighted by atomic mass is 32.2. The van der Waals surface area contributed by atoms with E-state index in [2.05, 4.69) is 25.4 Å². The second-order valence-corrected chi connectivity index (χ2v) is 4.68. The molecule has 11 heteroatoms. The van der Waals surface area contributed by atoms with Gasteiger partial charge >= 0.3 is 0 Å². The predicted octanol–water partition coefficient (Wildman–Crippen LogP) is 0.471. The Morgan fingerprint density at radius 1 is 1.48 bits per heavy atom. The van der Waals surface area contributed by atoms with Gasteiger partial charge in [-0.3, -0.25) is 15.2 Å². The number of guanidine groups is 1. The lowest BCUT2D eigenvalue weighted by atomic mass is 10.2. The minimum atomic E-state index is -0.489. The van der Waals surface area contributed by atoms with E-state index in [0.29, 0.717) is 15.6 Å². The Bertz CT molecular complexity index is 693. The maximum Gasteiger partial charge on any atom is 0.283 e. The molecule has 0 radical (unpaired) electrons. The molecule has 0 aliphatic rings. The van der Waals surface area contributed by atoms with Crippen molar-refractivity contribution in [3.63, 3.8) is 0 Å². The molecule has 0 aliphatic carbocycles. The molecule has 0 amide bonds. The average molecular weight is 306 g/mol. The van der Waals surface area contributed by atoms with Crippen molar-refractivity contribution in [1.29, 1.82) is 0 Å². The first-order valence-corrected chi connectivity index (χ1v) is 6.31. The highest BCUT2D eigenvalue weighted by Gasteiger charge is 2.16. The van der Waals surface area contributed by atoms with Crippen LogP contribution < -0.4 is 11.5 Å². The number of aromatic nitrogens is 3. The molecule has 0 bridgehead atoms. The highest BCUT2D eigenvalue weighted by molar-refractivity contribution is 7.99. The lowest BCUT2D eigenvalue weighted by Gasteiger charge is -2.01. The van der Waals surface area contributed by atoms with Crippen LogP contribution in [0.3, 0.4) is 0 Å². The van der Waals surface area contributed by atoms with E-state index in [9.17, 15) is 10.1 Å². The molecular formula is C10H10N8O2S. The molecule has 10 nitrogen and oxygen atoms in total. The van der Waals surface area contributed by atoms with E-state index in [4.69, 9.17) is 11.5 Å². The first-order valence-electron chi connectivity index (χ1n) is 5.50. The van der Waals surface area contributed by atoms with Gasteiger partial charge < -0.3 is 11.5 Å². The minimum absolute atomic E-state index is 0.0787. The summed E-state index contributed by atoms with van der Waals surface area (Å²) in [6, 6.07) is 4.60. The molecule has 0 fully saturated rings. The number of aromatic amines is 1. The van der Waals surface area contributed by atoms with Crippen molar-refractivity contribution in [2.24, 2.45) is 21.7 Å². The molecule has 2 rings (SSSR count). The summed E-state index contributed by atoms with van der Waals surface area (Å²) in [5.41, 5.74) is 10.7. The zero-order chi connectivity index (χ0) is 15.2. The third-order valence-corrected chi connectivity index (χ3v) is 3.11. The van der Waals surface area contributed by atoms with Gasteiger partial charge in [-0.2, -0.15) is 10.2 Å². The van der Waals surface area contributed by atoms with E-state index >= 15 is 0 Å². The van der Waals surface area contributed by atoms with Crippen LogP contribution in [0.5, 0.6) is 0 Å². The molecule has 21 heavy (non-hydrogen) atoms. The number of hydrogen-bond donors (Lipinski definition) is 3. The van der Waals surface area contributed by atoms with Gasteiger partial charge in [0.1, 0.15) is 6.33 Å². The Morgan fingerprint density at radius 2 is 2.29 bits per heavy atom. The first kappa shape index (κ1) is 14.5. The number of nitrogens with one attached hydrogen (secondary N) is 1. The zero-order valence-electron chi connectivity index (χ0n) is 10.5. The molecule has 5 N–H and O–H groups in total. The second-order valence-electron chi connectivity index (χ2n) is 3.65. The summed E-state index contributed by atoms with van der Waals surface area (Å²) in [6.07, 6.45) is 2.64. The lowest BCUT2D eigenvalue weighted by molar-refractivity contribution is -0.387. The van der Waals surface area contributed by atoms with Crippen LogP contribution in [0.15, 0.2) is 44.8 Å². The second kappa shape index (κ2) is 6.47. The predicted molar refractivity (Wildman–Crippen MR) is 77.0 cm³/mol. The van der Waals surface area contributed by atoms with Gasteiger partial charge in [-0.25, -0.2) is 4.98 Å². The Labute approximate surface area is 122 Å². The van der Waals surface area contributed by atoms with Crippen molar-refractivity contribution in [2.45, 2.75) is 10.1 Å². The number of nitro groups is 1. The smallest absolute Gasteiger partial charge is 0.283 e. The van der Waals surface area contributed by atoms with Gasteiger partial charge in [-0.1, -0.05) is 6.07 Å². The quantitative estimate of drug-likeness (QED) is 0.313. The lowest BCUT2D eigenvalue weighted by Crippen LogP contribution is -2.21. The maximum atomic E-state index is 11.1. The summed E-state index contributed by atoms with van der Waals surface area (Å²) in [5, 5.41) is 24.9. The molecule has 0 aliphatic heterocycles. The van der Waals surface area contributed by atoms with Crippen LogP contribution >= 0.6 is 11.8 Å². The number of hydrogen-bond acceptors (Lipinski definition) is 7. The molecule has 1 aromatic heterocycles. The summed E-state index contributed by atoms with van der Waals surface area (Å²) in [6.45, 7) is 0. The van der Waals surface area contributed by atoms with Gasteiger partial charge in [-0.15, -0.1) is 5.10 Å². The minimum Gasteiger partial charge on any atom is -0.369 e. The van der Waals surface area contributed by atoms with Gasteiger partial charge in [0.05, 0.1) is 16.0 Å². The molecule has 2 aromatic rings. The highest BCUT2D eigenvalue weighted by Crippen LogP contribution is 2.33. The number of rotatable bonds is 5. The average Bonchev–Trinajstić information content (AvgIpc) is 2.92. The largest absolute Gasteiger partial charge is 0.369 e. The summed E-state index contributed by atoms with van der Waals surface area (Å²) < 4.78 is 0. The van der Waals surface area contributed by atoms with Gasteiger partial charge in [0.2, 0.25) is 5.96 Å². The molecule has 0 spiro atoms. The molecule has 1 aromatic carbocycles. The van der Waals surface area contributed by atoms with Crippen molar-refractivity contribution in [1.82, 2.24) is 15.2 Å². The van der Waals surface area contributed by atoms with Gasteiger partial charge in [0.25, 0.3) is 5.69 Å². The van der Waals surface area contributed by atoms with Crippen LogP contribution in [0.2, 0.25) is 0 Å². The van der Waals surface area contributed by atoms with Crippen LogP contribution in [0, 0.1) is 10.1 Å². The Balaban J connectivity index is 2.29. The topological polar surface area (TPSA) is 161 Å². The van der Waals surface area contributed by atoms with E-state index in [1.165, 1.54) is 18.6 Å². The number of benzene rings is 1. The zero-order valence-corrected chi connectivity index (χ0v) is 11.3. The molecule has 1 heterocycles. The standard InChI is InChI=1S/C10H10N8O2S/c11-9(12)16-14-4-6-1-2-8(7(3-6)18(19)20)21-10-13-5-15-17-10/h1-5H,(H4,11,12,16)(H,13,15,17)/b14-4+. The van der Waals surface area contributed by atoms with Gasteiger partial charge in [-0.05, 0) is 17.8 Å². The van der Waals surface area contributed by atoms with Crippen LogP contribution in [0.4, 0.5) is 5.69 Å². The van der Waals surface area contributed by atoms with Gasteiger partial charge in [0, 0.05) is 11.6 Å². The Morgan fingerprint density at radius 3 is 2.90 bits per heavy atom. The molecule has 0 unspecified atom stereocenters. The fraction of sp³-hybridized carbons (Fsp3) is 0. The fourth-order valence-electron chi connectivity index (χ4n) is 1.35. The maximum absolute atomic E-state index is 11.1. The van der Waals surface area contributed by atoms with Gasteiger partial charge in [0.15, 0.2) is 5.16 Å². The van der Waals surface area contributed by atoms with Crippen molar-refractivity contribution >= 4 is 29.6 Å². The van der Waals surface area contributed by atoms with E-state index < -0.39 is 4.92 Å². The van der Waals surface area contributed by atoms with E-state index in [1.807, 2.05) is 0 Å². The van der Waals surface area contributed by atoms with Crippen LogP contribution in [-0.4, -0.2) is 32.3 Å². The summed E-state index contributed by atoms with van der Waals surface area (Å²) in [5.74, 6) is -0.196. The molecule has 0 saturated heterocycles. The van der Waals surface area contributed by atoms with Crippen LogP contribution in [0.1, 0.15) is 5.56 Å². The normalized spacial score (nSPS) is 10.7. The number of nitrogens with zero attached hydrogens (tertiary/aromatic N) is 5. The first-order chi connectivity index (χ1) is 10.1. The summed E-state index contributed by atoms with van der Waals surface area (Å²) in [7, 11) is 0. The van der Waals surface area contributed by atoms with Crippen LogP contribution in [0.25, 0.3) is 0 Å². The van der Waals surface area contributed by atoms with Crippen molar-refractivity contribution in [3.05, 3.63) is 40.2 Å². The van der Waals surface area contributed by atoms with E-state index in [0.717, 1.165) is 11.8 Å². The third-order valence-electron chi connectivity index (χ3n) is 2.16. The third kappa shape index (κ3) is 4.01. The van der Waals surface area contributed by atoms with Crippen LogP contribution in [-0.2, 0) is 0 Å². The summed E-state index contributed by atoms with van der Waals surface area (Å²) in [4.78, 5) is 15.0. The van der Waals surface area contributed by atoms with Crippen molar-refractivity contribution in [2.75, 3.05) is 0 Å². The number of nitrogens with two attached hydrogens (primary N) is 2. The molecular weight excluding hydrogens is 296 g/mol. The van der Waals surface area contributed by atoms with E-state index in [1.54, 1.807) is 12.1 Å². The van der Waals surface area contributed by atoms with Crippen molar-refractivity contribution in [3.8, 4) is 0 Å². The van der Waals surface area contributed by atoms with E-state index in [-0.39, 0.29) is 11.6 Å². The van der Waals surface area contributed by atoms with Crippen molar-refractivity contribution < 1.29 is 4.92 Å².